The summed E-state index contributed by atoms with van der Waals surface area (Å²) in [5.41, 5.74) is 5.08. The summed E-state index contributed by atoms with van der Waals surface area (Å²) in [7, 11) is 0. The Balaban J connectivity index is 0.000000204. The van der Waals surface area contributed by atoms with Crippen molar-refractivity contribution in [1.82, 2.24) is 4.98 Å². The van der Waals surface area contributed by atoms with E-state index in [9.17, 15) is 14.4 Å². The Morgan fingerprint density at radius 2 is 1.35 bits per heavy atom. The highest BCUT2D eigenvalue weighted by atomic mass is 16.4. The molecule has 7 heteroatoms. The number of benzene rings is 1. The lowest BCUT2D eigenvalue weighted by molar-refractivity contribution is 0.0653. The second-order valence-corrected chi connectivity index (χ2v) is 3.62. The van der Waals surface area contributed by atoms with Crippen molar-refractivity contribution in [1.29, 1.82) is 0 Å². The van der Waals surface area contributed by atoms with Crippen LogP contribution in [0, 0.1) is 0 Å². The van der Waals surface area contributed by atoms with Crippen LogP contribution >= 0.6 is 0 Å². The third-order valence-corrected chi connectivity index (χ3v) is 2.26. The fourth-order valence-electron chi connectivity index (χ4n) is 1.32. The van der Waals surface area contributed by atoms with Gasteiger partial charge in [0.2, 0.25) is 5.91 Å². The van der Waals surface area contributed by atoms with E-state index in [0.29, 0.717) is 5.56 Å². The van der Waals surface area contributed by atoms with E-state index in [2.05, 4.69) is 4.98 Å². The molecule has 0 aliphatic carbocycles. The van der Waals surface area contributed by atoms with Crippen molar-refractivity contribution in [2.24, 2.45) is 5.73 Å². The molecule has 1 amide bonds. The number of hydrogen-bond donors (Lipinski definition) is 4. The molecule has 1 heterocycles. The van der Waals surface area contributed by atoms with E-state index >= 15 is 0 Å². The zero-order valence-corrected chi connectivity index (χ0v) is 10.2. The summed E-state index contributed by atoms with van der Waals surface area (Å²) in [6, 6.07) is 8.76. The maximum absolute atomic E-state index is 10.4. The highest BCUT2D eigenvalue weighted by Crippen LogP contribution is 2.06. The lowest BCUT2D eigenvalue weighted by Crippen LogP contribution is -2.09. The molecule has 1 aromatic carbocycles. The van der Waals surface area contributed by atoms with Gasteiger partial charge in [-0.25, -0.2) is 9.59 Å². The van der Waals surface area contributed by atoms with Crippen LogP contribution in [0.15, 0.2) is 42.7 Å². The number of nitrogens with one attached hydrogen (secondary N) is 1. The molecule has 0 bridgehead atoms. The van der Waals surface area contributed by atoms with E-state index in [-0.39, 0.29) is 17.0 Å². The summed E-state index contributed by atoms with van der Waals surface area (Å²) in [4.78, 5) is 33.4. The van der Waals surface area contributed by atoms with E-state index in [1.807, 2.05) is 6.07 Å². The first kappa shape index (κ1) is 15.0. The third kappa shape index (κ3) is 3.98. The van der Waals surface area contributed by atoms with Gasteiger partial charge in [-0.2, -0.15) is 0 Å². The Kier molecular flexibility index (Phi) is 5.04. The van der Waals surface area contributed by atoms with Gasteiger partial charge in [-0.3, -0.25) is 4.79 Å². The summed E-state index contributed by atoms with van der Waals surface area (Å²) >= 11 is 0. The van der Waals surface area contributed by atoms with E-state index in [1.54, 1.807) is 24.3 Å². The molecule has 20 heavy (non-hydrogen) atoms. The molecular formula is C13H12N2O5. The number of carbonyl (C=O) groups is 3. The highest BCUT2D eigenvalue weighted by molar-refractivity contribution is 6.01. The number of carbonyl (C=O) groups excluding carboxylic acids is 1. The van der Waals surface area contributed by atoms with Gasteiger partial charge in [-0.15, -0.1) is 0 Å². The van der Waals surface area contributed by atoms with Gasteiger partial charge in [0.05, 0.1) is 11.1 Å². The maximum atomic E-state index is 10.4. The first-order valence-corrected chi connectivity index (χ1v) is 5.41. The molecule has 5 N–H and O–H groups in total. The van der Waals surface area contributed by atoms with Gasteiger partial charge in [-0.05, 0) is 12.1 Å². The fourth-order valence-corrected chi connectivity index (χ4v) is 1.32. The smallest absolute Gasteiger partial charge is 0.338 e. The third-order valence-electron chi connectivity index (χ3n) is 2.26. The van der Waals surface area contributed by atoms with Gasteiger partial charge < -0.3 is 20.9 Å². The first-order chi connectivity index (χ1) is 9.43. The number of aromatic amines is 1. The van der Waals surface area contributed by atoms with Gasteiger partial charge in [-0.1, -0.05) is 18.2 Å². The molecule has 1 aromatic heterocycles. The minimum Gasteiger partial charge on any atom is -0.478 e. The SMILES string of the molecule is NC(=O)c1ccccc1.O=C(O)c1c[nH]cc1C(=O)O. The van der Waals surface area contributed by atoms with Gasteiger partial charge >= 0.3 is 11.9 Å². The number of nitrogens with two attached hydrogens (primary N) is 1. The van der Waals surface area contributed by atoms with Gasteiger partial charge in [0.25, 0.3) is 0 Å². The number of amides is 1. The summed E-state index contributed by atoms with van der Waals surface area (Å²) in [5, 5.41) is 16.8. The molecule has 0 atom stereocenters. The minimum atomic E-state index is -1.25. The molecule has 0 saturated heterocycles. The largest absolute Gasteiger partial charge is 0.478 e. The molecular weight excluding hydrogens is 264 g/mol. The van der Waals surface area contributed by atoms with Gasteiger partial charge in [0.15, 0.2) is 0 Å². The average molecular weight is 276 g/mol. The van der Waals surface area contributed by atoms with Crippen LogP contribution in [0.2, 0.25) is 0 Å². The van der Waals surface area contributed by atoms with E-state index in [0.717, 1.165) is 12.4 Å². The van der Waals surface area contributed by atoms with E-state index < -0.39 is 11.9 Å². The van der Waals surface area contributed by atoms with Crippen LogP contribution < -0.4 is 5.73 Å². The van der Waals surface area contributed by atoms with E-state index in [1.165, 1.54) is 0 Å². The van der Waals surface area contributed by atoms with Crippen molar-refractivity contribution in [3.8, 4) is 0 Å². The van der Waals surface area contributed by atoms with Crippen LogP contribution in [0.4, 0.5) is 0 Å². The molecule has 104 valence electrons. The zero-order valence-electron chi connectivity index (χ0n) is 10.2. The Labute approximate surface area is 113 Å². The van der Waals surface area contributed by atoms with Crippen LogP contribution in [0.3, 0.4) is 0 Å². The van der Waals surface area contributed by atoms with Gasteiger partial charge in [0.1, 0.15) is 0 Å². The van der Waals surface area contributed by atoms with Crippen molar-refractivity contribution in [3.05, 3.63) is 59.4 Å². The molecule has 2 rings (SSSR count). The van der Waals surface area contributed by atoms with Crippen molar-refractivity contribution in [2.45, 2.75) is 0 Å². The minimum absolute atomic E-state index is 0.225. The van der Waals surface area contributed by atoms with Crippen molar-refractivity contribution >= 4 is 17.8 Å². The van der Waals surface area contributed by atoms with Gasteiger partial charge in [0, 0.05) is 18.0 Å². The molecule has 0 fully saturated rings. The monoisotopic (exact) mass is 276 g/mol. The molecule has 7 nitrogen and oxygen atoms in total. The lowest BCUT2D eigenvalue weighted by atomic mass is 10.2. The number of aromatic carboxylic acids is 2. The summed E-state index contributed by atoms with van der Waals surface area (Å²) in [6.45, 7) is 0. The molecule has 2 aromatic rings. The molecule has 0 aliphatic rings. The number of rotatable bonds is 3. The predicted molar refractivity (Wildman–Crippen MR) is 69.7 cm³/mol. The molecule has 0 spiro atoms. The highest BCUT2D eigenvalue weighted by Gasteiger charge is 2.15. The van der Waals surface area contributed by atoms with Crippen LogP contribution in [0.25, 0.3) is 0 Å². The maximum Gasteiger partial charge on any atom is 0.338 e. The second-order valence-electron chi connectivity index (χ2n) is 3.62. The Bertz CT molecular complexity index is 590. The van der Waals surface area contributed by atoms with Crippen LogP contribution in [-0.2, 0) is 0 Å². The molecule has 0 radical (unpaired) electrons. The zero-order chi connectivity index (χ0) is 15.1. The standard InChI is InChI=1S/C7H7NO.C6H5NO4/c8-7(9)6-4-2-1-3-5-6;8-5(9)3-1-7-2-4(3)6(10)11/h1-5H,(H2,8,9);1-2,7H,(H,8,9)(H,10,11). The van der Waals surface area contributed by atoms with Crippen LogP contribution in [0.1, 0.15) is 31.1 Å². The summed E-state index contributed by atoms with van der Waals surface area (Å²) in [5.74, 6) is -2.87. The Morgan fingerprint density at radius 1 is 0.900 bits per heavy atom. The number of aromatic nitrogens is 1. The number of primary amides is 1. The summed E-state index contributed by atoms with van der Waals surface area (Å²) < 4.78 is 0. The predicted octanol–water partition coefficient (Wildman–Crippen LogP) is 1.20. The second kappa shape index (κ2) is 6.74. The van der Waals surface area contributed by atoms with Crippen molar-refractivity contribution in [3.63, 3.8) is 0 Å². The van der Waals surface area contributed by atoms with Crippen LogP contribution in [0.5, 0.6) is 0 Å². The number of H-pyrrole nitrogens is 1. The molecule has 0 unspecified atom stereocenters. The lowest BCUT2D eigenvalue weighted by Gasteiger charge is -1.89. The molecule has 0 saturated carbocycles. The number of carboxylic acids is 2. The first-order valence-electron chi connectivity index (χ1n) is 5.41. The Morgan fingerprint density at radius 3 is 1.65 bits per heavy atom. The van der Waals surface area contributed by atoms with Crippen molar-refractivity contribution < 1.29 is 24.6 Å². The summed E-state index contributed by atoms with van der Waals surface area (Å²) in [6.07, 6.45) is 2.26. The van der Waals surface area contributed by atoms with Crippen molar-refractivity contribution in [2.75, 3.05) is 0 Å². The fraction of sp³-hybridized carbons (Fsp3) is 0. The normalized spacial score (nSPS) is 9.20. The van der Waals surface area contributed by atoms with E-state index in [4.69, 9.17) is 15.9 Å². The number of carboxylic acid groups (broad SMARTS) is 2. The quantitative estimate of drug-likeness (QED) is 0.668. The van der Waals surface area contributed by atoms with Crippen LogP contribution in [-0.4, -0.2) is 33.0 Å². The number of hydrogen-bond acceptors (Lipinski definition) is 3. The molecule has 0 aliphatic heterocycles. The Hall–Kier alpha value is -3.09. The average Bonchev–Trinajstić information content (AvgIpc) is 2.90. The topological polar surface area (TPSA) is 133 Å².